The number of likely N-dealkylation sites (tertiary alicyclic amines) is 1. The molecule has 3 heterocycles. The summed E-state index contributed by atoms with van der Waals surface area (Å²) in [4.78, 5) is 28.5. The Morgan fingerprint density at radius 1 is 1.23 bits per heavy atom. The smallest absolute Gasteiger partial charge is 0.239 e. The lowest BCUT2D eigenvalue weighted by Gasteiger charge is -2.37. The van der Waals surface area contributed by atoms with Crippen LogP contribution in [0.1, 0.15) is 18.9 Å². The number of rotatable bonds is 3. The molecule has 1 aromatic carbocycles. The Morgan fingerprint density at radius 3 is 2.85 bits per heavy atom. The summed E-state index contributed by atoms with van der Waals surface area (Å²) in [5.41, 5.74) is 2.57. The molecule has 0 saturated carbocycles. The van der Waals surface area contributed by atoms with E-state index in [2.05, 4.69) is 52.2 Å². The lowest BCUT2D eigenvalue weighted by Crippen LogP contribution is -2.52. The summed E-state index contributed by atoms with van der Waals surface area (Å²) in [6.45, 7) is 5.69. The van der Waals surface area contributed by atoms with Crippen molar-refractivity contribution in [2.24, 2.45) is 5.92 Å². The second-order valence-corrected chi connectivity index (χ2v) is 7.46. The fraction of sp³-hybridized carbons (Fsp3) is 0.500. The summed E-state index contributed by atoms with van der Waals surface area (Å²) in [6, 6.07) is 8.46. The number of aromatic nitrogens is 1. The van der Waals surface area contributed by atoms with Crippen LogP contribution >= 0.6 is 0 Å². The fourth-order valence-corrected chi connectivity index (χ4v) is 4.37. The number of piperidine rings is 1. The molecule has 2 atom stereocenters. The highest BCUT2D eigenvalue weighted by Crippen LogP contribution is 2.26. The molecule has 2 aliphatic heterocycles. The van der Waals surface area contributed by atoms with E-state index >= 15 is 0 Å². The number of hydrogen-bond donors (Lipinski definition) is 1. The van der Waals surface area contributed by atoms with E-state index in [1.54, 1.807) is 11.9 Å². The molecule has 1 aromatic heterocycles. The Balaban J connectivity index is 1.56. The Morgan fingerprint density at radius 2 is 2.04 bits per heavy atom. The van der Waals surface area contributed by atoms with Gasteiger partial charge in [0.25, 0.3) is 0 Å². The van der Waals surface area contributed by atoms with Crippen molar-refractivity contribution in [1.29, 1.82) is 0 Å². The lowest BCUT2D eigenvalue weighted by atomic mass is 9.91. The van der Waals surface area contributed by atoms with Gasteiger partial charge in [-0.2, -0.15) is 0 Å². The number of amides is 2. The number of aryl methyl sites for hydroxylation is 1. The van der Waals surface area contributed by atoms with Gasteiger partial charge in [-0.1, -0.05) is 18.2 Å². The first kappa shape index (κ1) is 17.1. The summed E-state index contributed by atoms with van der Waals surface area (Å²) in [7, 11) is 1.72. The molecule has 2 aromatic rings. The predicted molar refractivity (Wildman–Crippen MR) is 101 cm³/mol. The number of carbonyl (C=O) groups excluding carboxylic acids is 2. The number of fused-ring (bicyclic) bond motifs is 2. The number of para-hydroxylation sites is 1. The summed E-state index contributed by atoms with van der Waals surface area (Å²) < 4.78 is 2.28. The van der Waals surface area contributed by atoms with Gasteiger partial charge in [-0.15, -0.1) is 0 Å². The SMILES string of the molecule is CCn1cc(CN2CC[C@H]3NC(=O)CN(C)C(=O)[C@H]3C2)c2ccccc21. The maximum absolute atomic E-state index is 12.7. The largest absolute Gasteiger partial charge is 0.351 e. The number of nitrogens with one attached hydrogen (secondary N) is 1. The molecule has 2 saturated heterocycles. The highest BCUT2D eigenvalue weighted by molar-refractivity contribution is 5.89. The minimum Gasteiger partial charge on any atom is -0.351 e. The first-order chi connectivity index (χ1) is 12.6. The van der Waals surface area contributed by atoms with Crippen LogP contribution in [-0.4, -0.2) is 58.9 Å². The van der Waals surface area contributed by atoms with Crippen LogP contribution in [0.15, 0.2) is 30.5 Å². The molecular formula is C20H26N4O2. The van der Waals surface area contributed by atoms with Gasteiger partial charge in [0.05, 0.1) is 12.5 Å². The normalized spacial score (nSPS) is 24.5. The number of hydrogen-bond acceptors (Lipinski definition) is 3. The zero-order chi connectivity index (χ0) is 18.3. The van der Waals surface area contributed by atoms with E-state index in [1.165, 1.54) is 16.5 Å². The number of benzene rings is 1. The summed E-state index contributed by atoms with van der Waals surface area (Å²) in [6.07, 6.45) is 3.06. The minimum absolute atomic E-state index is 0.0341. The van der Waals surface area contributed by atoms with E-state index in [4.69, 9.17) is 0 Å². The van der Waals surface area contributed by atoms with E-state index in [0.29, 0.717) is 6.54 Å². The molecule has 0 bridgehead atoms. The van der Waals surface area contributed by atoms with Gasteiger partial charge in [0, 0.05) is 56.4 Å². The summed E-state index contributed by atoms with van der Waals surface area (Å²) >= 11 is 0. The van der Waals surface area contributed by atoms with E-state index in [0.717, 1.165) is 26.1 Å². The number of carbonyl (C=O) groups is 2. The van der Waals surface area contributed by atoms with Gasteiger partial charge in [-0.25, -0.2) is 0 Å². The van der Waals surface area contributed by atoms with Gasteiger partial charge in [0.1, 0.15) is 0 Å². The minimum atomic E-state index is -0.153. The number of nitrogens with zero attached hydrogens (tertiary/aromatic N) is 3. The van der Waals surface area contributed by atoms with Crippen LogP contribution in [0.5, 0.6) is 0 Å². The van der Waals surface area contributed by atoms with Gasteiger partial charge < -0.3 is 14.8 Å². The highest BCUT2D eigenvalue weighted by atomic mass is 16.2. The average molecular weight is 354 g/mol. The van der Waals surface area contributed by atoms with Crippen LogP contribution < -0.4 is 5.32 Å². The van der Waals surface area contributed by atoms with Crippen LogP contribution in [-0.2, 0) is 22.7 Å². The summed E-state index contributed by atoms with van der Waals surface area (Å²) in [5.74, 6) is -0.124. The molecule has 4 rings (SSSR count). The molecule has 0 spiro atoms. The predicted octanol–water partition coefficient (Wildman–Crippen LogP) is 1.44. The van der Waals surface area contributed by atoms with Crippen molar-refractivity contribution >= 4 is 22.7 Å². The molecule has 0 aliphatic carbocycles. The highest BCUT2D eigenvalue weighted by Gasteiger charge is 2.39. The quantitative estimate of drug-likeness (QED) is 0.907. The Kier molecular flexibility index (Phi) is 4.44. The third-order valence-electron chi connectivity index (χ3n) is 5.72. The maximum Gasteiger partial charge on any atom is 0.239 e. The van der Waals surface area contributed by atoms with Crippen molar-refractivity contribution < 1.29 is 9.59 Å². The van der Waals surface area contributed by atoms with Crippen LogP contribution in [0.25, 0.3) is 10.9 Å². The fourth-order valence-electron chi connectivity index (χ4n) is 4.37. The Hall–Kier alpha value is -2.34. The van der Waals surface area contributed by atoms with Crippen molar-refractivity contribution in [2.75, 3.05) is 26.7 Å². The van der Waals surface area contributed by atoms with Crippen molar-refractivity contribution in [3.63, 3.8) is 0 Å². The van der Waals surface area contributed by atoms with Crippen molar-refractivity contribution in [3.8, 4) is 0 Å². The van der Waals surface area contributed by atoms with Gasteiger partial charge in [-0.3, -0.25) is 14.5 Å². The summed E-state index contributed by atoms with van der Waals surface area (Å²) in [5, 5.41) is 4.32. The average Bonchev–Trinajstić information content (AvgIpc) is 2.95. The maximum atomic E-state index is 12.7. The molecule has 2 aliphatic rings. The van der Waals surface area contributed by atoms with E-state index in [1.807, 2.05) is 0 Å². The molecule has 0 radical (unpaired) electrons. The van der Waals surface area contributed by atoms with Crippen LogP contribution in [0.3, 0.4) is 0 Å². The van der Waals surface area contributed by atoms with E-state index in [9.17, 15) is 9.59 Å². The molecule has 26 heavy (non-hydrogen) atoms. The van der Waals surface area contributed by atoms with Crippen LogP contribution in [0.4, 0.5) is 0 Å². The van der Waals surface area contributed by atoms with E-state index in [-0.39, 0.29) is 30.3 Å². The molecule has 138 valence electrons. The third-order valence-corrected chi connectivity index (χ3v) is 5.72. The zero-order valence-corrected chi connectivity index (χ0v) is 15.4. The zero-order valence-electron chi connectivity index (χ0n) is 15.4. The molecule has 1 N–H and O–H groups in total. The van der Waals surface area contributed by atoms with Gasteiger partial charge in [0.15, 0.2) is 0 Å². The third kappa shape index (κ3) is 2.98. The van der Waals surface area contributed by atoms with Gasteiger partial charge >= 0.3 is 0 Å². The van der Waals surface area contributed by atoms with E-state index < -0.39 is 0 Å². The molecule has 0 unspecified atom stereocenters. The molecule has 2 amide bonds. The van der Waals surface area contributed by atoms with Crippen molar-refractivity contribution in [2.45, 2.75) is 32.5 Å². The second kappa shape index (κ2) is 6.76. The second-order valence-electron chi connectivity index (χ2n) is 7.46. The molecule has 2 fully saturated rings. The number of likely N-dealkylation sites (N-methyl/N-ethyl adjacent to an activating group) is 1. The lowest BCUT2D eigenvalue weighted by molar-refractivity contribution is -0.136. The van der Waals surface area contributed by atoms with Gasteiger partial charge in [0.2, 0.25) is 11.8 Å². The first-order valence-electron chi connectivity index (χ1n) is 9.40. The monoisotopic (exact) mass is 354 g/mol. The van der Waals surface area contributed by atoms with Crippen molar-refractivity contribution in [1.82, 2.24) is 19.7 Å². The molecular weight excluding hydrogens is 328 g/mol. The Bertz CT molecular complexity index is 843. The first-order valence-corrected chi connectivity index (χ1v) is 9.40. The molecule has 6 nitrogen and oxygen atoms in total. The topological polar surface area (TPSA) is 57.6 Å². The van der Waals surface area contributed by atoms with Gasteiger partial charge in [-0.05, 0) is 25.0 Å². The molecule has 6 heteroatoms. The van der Waals surface area contributed by atoms with Crippen molar-refractivity contribution in [3.05, 3.63) is 36.0 Å². The van der Waals surface area contributed by atoms with Crippen LogP contribution in [0, 0.1) is 5.92 Å². The van der Waals surface area contributed by atoms with Crippen LogP contribution in [0.2, 0.25) is 0 Å². The Labute approximate surface area is 153 Å². The standard InChI is InChI=1S/C20H26N4O2/c1-3-24-11-14(15-6-4-5-7-18(15)24)10-23-9-8-17-16(12-23)20(26)22(2)13-19(25)21-17/h4-7,11,16-17H,3,8-10,12-13H2,1-2H3,(H,21,25)/t16-,17+/m0/s1.